The maximum atomic E-state index is 11.7. The van der Waals surface area contributed by atoms with Gasteiger partial charge in [0.15, 0.2) is 0 Å². The van der Waals surface area contributed by atoms with Crippen LogP contribution in [-0.4, -0.2) is 53.1 Å². The number of carbonyl (C=O) groups is 1. The summed E-state index contributed by atoms with van der Waals surface area (Å²) in [6.07, 6.45) is 5.96. The molecule has 26 heavy (non-hydrogen) atoms. The minimum Gasteiger partial charge on any atom is -0.491 e. The van der Waals surface area contributed by atoms with E-state index in [2.05, 4.69) is 21.4 Å². The third-order valence-electron chi connectivity index (χ3n) is 5.59. The molecule has 0 spiro atoms. The van der Waals surface area contributed by atoms with Crippen molar-refractivity contribution in [2.45, 2.75) is 44.6 Å². The number of hydrogen-bond acceptors (Lipinski definition) is 5. The highest BCUT2D eigenvalue weighted by Gasteiger charge is 2.27. The van der Waals surface area contributed by atoms with Gasteiger partial charge in [0.05, 0.1) is 17.3 Å². The highest BCUT2D eigenvalue weighted by Crippen LogP contribution is 2.30. The van der Waals surface area contributed by atoms with Crippen LogP contribution in [0.5, 0.6) is 5.75 Å². The summed E-state index contributed by atoms with van der Waals surface area (Å²) in [5.41, 5.74) is 2.09. The highest BCUT2D eigenvalue weighted by molar-refractivity contribution is 5.82. The zero-order chi connectivity index (χ0) is 17.9. The van der Waals surface area contributed by atoms with Crippen molar-refractivity contribution in [2.75, 3.05) is 26.2 Å². The Kier molecular flexibility index (Phi) is 5.02. The molecule has 1 N–H and O–H groups in total. The second-order valence-electron chi connectivity index (χ2n) is 7.28. The molecule has 1 aromatic heterocycles. The van der Waals surface area contributed by atoms with Gasteiger partial charge >= 0.3 is 0 Å². The molecule has 6 heteroatoms. The van der Waals surface area contributed by atoms with Crippen LogP contribution in [0.4, 0.5) is 0 Å². The van der Waals surface area contributed by atoms with Crippen LogP contribution in [0.25, 0.3) is 10.9 Å². The number of piperidine rings is 1. The summed E-state index contributed by atoms with van der Waals surface area (Å²) < 4.78 is 6.00. The van der Waals surface area contributed by atoms with Gasteiger partial charge in [0.2, 0.25) is 5.91 Å². The average Bonchev–Trinajstić information content (AvgIpc) is 3.15. The minimum atomic E-state index is 0.133. The molecule has 3 heterocycles. The van der Waals surface area contributed by atoms with Crippen LogP contribution in [0.15, 0.2) is 24.5 Å². The van der Waals surface area contributed by atoms with Gasteiger partial charge in [-0.3, -0.25) is 4.79 Å². The Morgan fingerprint density at radius 3 is 2.92 bits per heavy atom. The minimum absolute atomic E-state index is 0.133. The third kappa shape index (κ3) is 3.51. The highest BCUT2D eigenvalue weighted by atomic mass is 16.5. The molecule has 2 aliphatic rings. The standard InChI is InChI=1S/C20H26N4O2/c1-14(25)24-10-2-3-16(24)12-26-17-4-5-18-19(11-17)22-13-23-20(18)15-6-8-21-9-7-15/h4-5,11,13,15-16,21H,2-3,6-10,12H2,1H3/t16-/m0/s1. The maximum absolute atomic E-state index is 11.7. The molecule has 2 aliphatic heterocycles. The normalized spacial score (nSPS) is 21.3. The number of fused-ring (bicyclic) bond motifs is 1. The van der Waals surface area contributed by atoms with E-state index in [4.69, 9.17) is 4.74 Å². The SMILES string of the molecule is CC(=O)N1CCC[C@H]1COc1ccc2c(C3CCNCC3)ncnc2c1. The molecule has 0 radical (unpaired) electrons. The second kappa shape index (κ2) is 7.58. The molecule has 1 atom stereocenters. The Hall–Kier alpha value is -2.21. The quantitative estimate of drug-likeness (QED) is 0.914. The lowest BCUT2D eigenvalue weighted by Gasteiger charge is -2.24. The molecule has 4 rings (SSSR count). The summed E-state index contributed by atoms with van der Waals surface area (Å²) >= 11 is 0. The molecule has 0 bridgehead atoms. The Bertz CT molecular complexity index is 788. The van der Waals surface area contributed by atoms with Crippen LogP contribution >= 0.6 is 0 Å². The van der Waals surface area contributed by atoms with Crippen LogP contribution in [0.2, 0.25) is 0 Å². The van der Waals surface area contributed by atoms with Gasteiger partial charge in [-0.1, -0.05) is 0 Å². The number of likely N-dealkylation sites (tertiary alicyclic amines) is 1. The van der Waals surface area contributed by atoms with E-state index < -0.39 is 0 Å². The van der Waals surface area contributed by atoms with Crippen LogP contribution in [0.1, 0.15) is 44.2 Å². The van der Waals surface area contributed by atoms with E-state index in [0.29, 0.717) is 12.5 Å². The first-order valence-electron chi connectivity index (χ1n) is 9.58. The predicted molar refractivity (Wildman–Crippen MR) is 100 cm³/mol. The summed E-state index contributed by atoms with van der Waals surface area (Å²) in [6, 6.07) is 6.26. The van der Waals surface area contributed by atoms with Gasteiger partial charge in [-0.25, -0.2) is 9.97 Å². The van der Waals surface area contributed by atoms with E-state index in [0.717, 1.165) is 67.7 Å². The first kappa shape index (κ1) is 17.2. The summed E-state index contributed by atoms with van der Waals surface area (Å²) in [5, 5.41) is 4.53. The smallest absolute Gasteiger partial charge is 0.219 e. The van der Waals surface area contributed by atoms with Crippen molar-refractivity contribution in [3.63, 3.8) is 0 Å². The van der Waals surface area contributed by atoms with Gasteiger partial charge in [0.1, 0.15) is 18.7 Å². The molecule has 1 aromatic carbocycles. The number of amides is 1. The summed E-state index contributed by atoms with van der Waals surface area (Å²) in [4.78, 5) is 22.6. The number of nitrogens with one attached hydrogen (secondary N) is 1. The number of benzene rings is 1. The fourth-order valence-corrected chi connectivity index (χ4v) is 4.18. The molecular weight excluding hydrogens is 328 g/mol. The Morgan fingerprint density at radius 2 is 2.12 bits per heavy atom. The molecule has 138 valence electrons. The Balaban J connectivity index is 1.50. The number of rotatable bonds is 4. The average molecular weight is 354 g/mol. The van der Waals surface area contributed by atoms with Gasteiger partial charge in [-0.2, -0.15) is 0 Å². The van der Waals surface area contributed by atoms with Gasteiger partial charge in [-0.05, 0) is 50.9 Å². The topological polar surface area (TPSA) is 67.3 Å². The first-order valence-corrected chi connectivity index (χ1v) is 9.58. The summed E-state index contributed by atoms with van der Waals surface area (Å²) in [6.45, 7) is 5.11. The second-order valence-corrected chi connectivity index (χ2v) is 7.28. The van der Waals surface area contributed by atoms with E-state index in [9.17, 15) is 4.79 Å². The molecule has 6 nitrogen and oxygen atoms in total. The fraction of sp³-hybridized carbons (Fsp3) is 0.550. The lowest BCUT2D eigenvalue weighted by Crippen LogP contribution is -2.37. The monoisotopic (exact) mass is 354 g/mol. The summed E-state index contributed by atoms with van der Waals surface area (Å²) in [7, 11) is 0. The molecular formula is C20H26N4O2. The molecule has 0 aliphatic carbocycles. The van der Waals surface area contributed by atoms with Gasteiger partial charge in [0, 0.05) is 30.8 Å². The Labute approximate surface area is 154 Å². The van der Waals surface area contributed by atoms with Gasteiger partial charge in [0.25, 0.3) is 0 Å². The van der Waals surface area contributed by atoms with Gasteiger partial charge in [-0.15, -0.1) is 0 Å². The van der Waals surface area contributed by atoms with Crippen molar-refractivity contribution < 1.29 is 9.53 Å². The van der Waals surface area contributed by atoms with E-state index in [1.807, 2.05) is 17.0 Å². The van der Waals surface area contributed by atoms with Crippen molar-refractivity contribution in [2.24, 2.45) is 0 Å². The zero-order valence-corrected chi connectivity index (χ0v) is 15.3. The van der Waals surface area contributed by atoms with Gasteiger partial charge < -0.3 is 15.0 Å². The van der Waals surface area contributed by atoms with Crippen LogP contribution < -0.4 is 10.1 Å². The van der Waals surface area contributed by atoms with E-state index in [1.165, 1.54) is 0 Å². The number of nitrogens with zero attached hydrogens (tertiary/aromatic N) is 3. The van der Waals surface area contributed by atoms with E-state index in [1.54, 1.807) is 13.3 Å². The van der Waals surface area contributed by atoms with Crippen LogP contribution in [0.3, 0.4) is 0 Å². The molecule has 2 saturated heterocycles. The predicted octanol–water partition coefficient (Wildman–Crippen LogP) is 2.49. The molecule has 0 unspecified atom stereocenters. The lowest BCUT2D eigenvalue weighted by molar-refractivity contribution is -0.130. The molecule has 2 aromatic rings. The molecule has 1 amide bonds. The number of aromatic nitrogens is 2. The molecule has 0 saturated carbocycles. The summed E-state index contributed by atoms with van der Waals surface area (Å²) in [5.74, 6) is 1.44. The lowest BCUT2D eigenvalue weighted by atomic mass is 9.92. The zero-order valence-electron chi connectivity index (χ0n) is 15.3. The third-order valence-corrected chi connectivity index (χ3v) is 5.59. The van der Waals surface area contributed by atoms with Crippen molar-refractivity contribution in [1.82, 2.24) is 20.2 Å². The fourth-order valence-electron chi connectivity index (χ4n) is 4.18. The van der Waals surface area contributed by atoms with Crippen molar-refractivity contribution in [1.29, 1.82) is 0 Å². The van der Waals surface area contributed by atoms with Crippen molar-refractivity contribution >= 4 is 16.8 Å². The maximum Gasteiger partial charge on any atom is 0.219 e. The van der Waals surface area contributed by atoms with Crippen LogP contribution in [-0.2, 0) is 4.79 Å². The van der Waals surface area contributed by atoms with E-state index in [-0.39, 0.29) is 11.9 Å². The molecule has 2 fully saturated rings. The number of ether oxygens (including phenoxy) is 1. The first-order chi connectivity index (χ1) is 12.7. The Morgan fingerprint density at radius 1 is 1.27 bits per heavy atom. The van der Waals surface area contributed by atoms with Crippen LogP contribution in [0, 0.1) is 0 Å². The number of carbonyl (C=O) groups excluding carboxylic acids is 1. The largest absolute Gasteiger partial charge is 0.491 e. The number of hydrogen-bond donors (Lipinski definition) is 1. The van der Waals surface area contributed by atoms with Crippen molar-refractivity contribution in [3.05, 3.63) is 30.2 Å². The van der Waals surface area contributed by atoms with Crippen molar-refractivity contribution in [3.8, 4) is 5.75 Å². The van der Waals surface area contributed by atoms with E-state index >= 15 is 0 Å².